The highest BCUT2D eigenvalue weighted by Gasteiger charge is 2.41. The number of fused-ring (bicyclic) bond motifs is 2. The van der Waals surface area contributed by atoms with E-state index < -0.39 is 4.92 Å². The molecule has 0 saturated carbocycles. The lowest BCUT2D eigenvalue weighted by Gasteiger charge is -2.41. The first-order chi connectivity index (χ1) is 13.3. The molecule has 0 spiro atoms. The van der Waals surface area contributed by atoms with Gasteiger partial charge in [0.15, 0.2) is 17.2 Å². The number of benzene rings is 2. The van der Waals surface area contributed by atoms with Gasteiger partial charge in [0, 0.05) is 29.3 Å². The summed E-state index contributed by atoms with van der Waals surface area (Å²) in [7, 11) is 3.37. The zero-order valence-electron chi connectivity index (χ0n) is 15.9. The fourth-order valence-electron chi connectivity index (χ4n) is 4.70. The standard InChI is InChI=1S/C20H22N2O6/c1-9-6-11-12(17(18(9)24)22(26)27)7-14-15-10(4-5-21(14)2)13(8-23)19(25)20(28-3)16(11)15/h6,14,23-25H,4-5,7-8H2,1-3H3. The Labute approximate surface area is 161 Å². The molecule has 8 nitrogen and oxygen atoms in total. The Morgan fingerprint density at radius 2 is 2.04 bits per heavy atom. The Morgan fingerprint density at radius 3 is 2.64 bits per heavy atom. The largest absolute Gasteiger partial charge is 0.504 e. The summed E-state index contributed by atoms with van der Waals surface area (Å²) in [6.45, 7) is 1.99. The van der Waals surface area contributed by atoms with Gasteiger partial charge in [-0.2, -0.15) is 0 Å². The van der Waals surface area contributed by atoms with Crippen molar-refractivity contribution in [1.82, 2.24) is 4.90 Å². The molecule has 0 saturated heterocycles. The second-order valence-corrected chi connectivity index (χ2v) is 7.41. The van der Waals surface area contributed by atoms with E-state index in [1.165, 1.54) is 7.11 Å². The van der Waals surface area contributed by atoms with Gasteiger partial charge in [-0.1, -0.05) is 0 Å². The molecule has 1 aliphatic carbocycles. The average Bonchev–Trinajstić information content (AvgIpc) is 2.65. The summed E-state index contributed by atoms with van der Waals surface area (Å²) in [6.07, 6.45) is 1.01. The van der Waals surface area contributed by atoms with E-state index in [1.54, 1.807) is 13.0 Å². The first kappa shape index (κ1) is 18.5. The van der Waals surface area contributed by atoms with Crippen molar-refractivity contribution < 1.29 is 25.0 Å². The molecule has 1 heterocycles. The maximum Gasteiger partial charge on any atom is 0.314 e. The average molecular weight is 386 g/mol. The van der Waals surface area contributed by atoms with E-state index in [0.29, 0.717) is 47.2 Å². The zero-order valence-corrected chi connectivity index (χ0v) is 15.9. The van der Waals surface area contributed by atoms with E-state index >= 15 is 0 Å². The monoisotopic (exact) mass is 386 g/mol. The number of likely N-dealkylation sites (N-methyl/N-ethyl adjacent to an activating group) is 1. The number of ether oxygens (including phenoxy) is 1. The van der Waals surface area contributed by atoms with Gasteiger partial charge in [0.25, 0.3) is 0 Å². The predicted octanol–water partition coefficient (Wildman–Crippen LogP) is 2.57. The number of methoxy groups -OCH3 is 1. The van der Waals surface area contributed by atoms with E-state index in [2.05, 4.69) is 4.90 Å². The third-order valence-electron chi connectivity index (χ3n) is 6.05. The van der Waals surface area contributed by atoms with Crippen LogP contribution in [0, 0.1) is 17.0 Å². The normalized spacial score (nSPS) is 17.8. The predicted molar refractivity (Wildman–Crippen MR) is 102 cm³/mol. The van der Waals surface area contributed by atoms with Crippen LogP contribution < -0.4 is 4.74 Å². The molecular weight excluding hydrogens is 364 g/mol. The number of nitro benzene ring substituents is 1. The van der Waals surface area contributed by atoms with Crippen molar-refractivity contribution in [1.29, 1.82) is 0 Å². The van der Waals surface area contributed by atoms with Crippen LogP contribution in [0.5, 0.6) is 17.2 Å². The summed E-state index contributed by atoms with van der Waals surface area (Å²) in [6, 6.07) is 1.53. The molecule has 1 unspecified atom stereocenters. The fourth-order valence-corrected chi connectivity index (χ4v) is 4.70. The molecule has 0 fully saturated rings. The number of nitrogens with zero attached hydrogens (tertiary/aromatic N) is 2. The molecule has 8 heteroatoms. The summed E-state index contributed by atoms with van der Waals surface area (Å²) in [5.41, 5.74) is 3.96. The quantitative estimate of drug-likeness (QED) is 0.548. The van der Waals surface area contributed by atoms with Gasteiger partial charge in [-0.25, -0.2) is 0 Å². The van der Waals surface area contributed by atoms with Gasteiger partial charge in [0.05, 0.1) is 18.6 Å². The molecular formula is C20H22N2O6. The minimum atomic E-state index is -0.551. The molecule has 0 bridgehead atoms. The topological polar surface area (TPSA) is 116 Å². The summed E-state index contributed by atoms with van der Waals surface area (Å²) < 4.78 is 5.51. The maximum atomic E-state index is 11.8. The Balaban J connectivity index is 2.19. The number of phenolic OH excluding ortho intramolecular Hbond substituents is 1. The first-order valence-corrected chi connectivity index (χ1v) is 9.07. The lowest BCUT2D eigenvalue weighted by atomic mass is 9.74. The lowest BCUT2D eigenvalue weighted by molar-refractivity contribution is -0.386. The molecule has 148 valence electrons. The van der Waals surface area contributed by atoms with E-state index in [0.717, 1.165) is 11.1 Å². The van der Waals surface area contributed by atoms with Crippen LogP contribution >= 0.6 is 0 Å². The second kappa shape index (κ2) is 6.35. The molecule has 0 amide bonds. The van der Waals surface area contributed by atoms with Crippen LogP contribution in [0.4, 0.5) is 5.69 Å². The maximum absolute atomic E-state index is 11.8. The van der Waals surface area contributed by atoms with Crippen molar-refractivity contribution in [2.75, 3.05) is 20.7 Å². The molecule has 0 aromatic heterocycles. The van der Waals surface area contributed by atoms with Crippen molar-refractivity contribution in [2.45, 2.75) is 32.4 Å². The number of aliphatic hydroxyl groups excluding tert-OH is 1. The summed E-state index contributed by atoms with van der Waals surface area (Å²) >= 11 is 0. The SMILES string of the molecule is COc1c(O)c(CO)c2c3c1-c1cc(C)c(O)c([N+](=O)[O-])c1CC3N(C)CC2. The molecule has 2 aliphatic rings. The van der Waals surface area contributed by atoms with E-state index in [4.69, 9.17) is 4.74 Å². The molecule has 2 aromatic carbocycles. The second-order valence-electron chi connectivity index (χ2n) is 7.41. The molecule has 1 aliphatic heterocycles. The van der Waals surface area contributed by atoms with E-state index in [9.17, 15) is 25.4 Å². The van der Waals surface area contributed by atoms with Crippen LogP contribution in [0.15, 0.2) is 6.07 Å². The van der Waals surface area contributed by atoms with Gasteiger partial charge in [0.1, 0.15) is 0 Å². The molecule has 1 atom stereocenters. The Hall–Kier alpha value is -2.84. The molecule has 0 radical (unpaired) electrons. The Morgan fingerprint density at radius 1 is 1.32 bits per heavy atom. The number of aromatic hydroxyl groups is 2. The highest BCUT2D eigenvalue weighted by atomic mass is 16.6. The van der Waals surface area contributed by atoms with Crippen LogP contribution in [0.25, 0.3) is 11.1 Å². The van der Waals surface area contributed by atoms with Crippen LogP contribution in [0.1, 0.15) is 33.9 Å². The summed E-state index contributed by atoms with van der Waals surface area (Å²) in [5, 5.41) is 42.8. The number of nitro groups is 1. The van der Waals surface area contributed by atoms with E-state index in [1.807, 2.05) is 7.05 Å². The van der Waals surface area contributed by atoms with Gasteiger partial charge in [0.2, 0.25) is 0 Å². The minimum Gasteiger partial charge on any atom is -0.504 e. The lowest BCUT2D eigenvalue weighted by Crippen LogP contribution is -2.36. The van der Waals surface area contributed by atoms with Gasteiger partial charge in [-0.05, 0) is 55.1 Å². The van der Waals surface area contributed by atoms with Gasteiger partial charge in [-0.15, -0.1) is 0 Å². The summed E-state index contributed by atoms with van der Waals surface area (Å²) in [4.78, 5) is 13.3. The minimum absolute atomic E-state index is 0.136. The molecule has 4 rings (SSSR count). The van der Waals surface area contributed by atoms with Gasteiger partial charge in [-0.3, -0.25) is 15.0 Å². The highest BCUT2D eigenvalue weighted by molar-refractivity contribution is 5.88. The van der Waals surface area contributed by atoms with Crippen molar-refractivity contribution >= 4 is 5.69 Å². The van der Waals surface area contributed by atoms with Crippen molar-refractivity contribution in [3.05, 3.63) is 44.0 Å². The number of phenols is 2. The molecule has 3 N–H and O–H groups in total. The number of rotatable bonds is 3. The van der Waals surface area contributed by atoms with Gasteiger partial charge < -0.3 is 20.1 Å². The van der Waals surface area contributed by atoms with Crippen LogP contribution in [0.3, 0.4) is 0 Å². The summed E-state index contributed by atoms with van der Waals surface area (Å²) in [5.74, 6) is -0.271. The number of aliphatic hydroxyl groups is 1. The zero-order chi connectivity index (χ0) is 20.3. The fraction of sp³-hybridized carbons (Fsp3) is 0.400. The van der Waals surface area contributed by atoms with Crippen LogP contribution in [-0.4, -0.2) is 45.8 Å². The molecule has 2 aromatic rings. The van der Waals surface area contributed by atoms with Gasteiger partial charge >= 0.3 is 5.69 Å². The number of hydrogen-bond donors (Lipinski definition) is 3. The smallest absolute Gasteiger partial charge is 0.314 e. The first-order valence-electron chi connectivity index (χ1n) is 9.07. The Bertz CT molecular complexity index is 1020. The van der Waals surface area contributed by atoms with Crippen molar-refractivity contribution in [3.8, 4) is 28.4 Å². The van der Waals surface area contributed by atoms with Crippen molar-refractivity contribution in [3.63, 3.8) is 0 Å². The Kier molecular flexibility index (Phi) is 4.20. The van der Waals surface area contributed by atoms with Crippen LogP contribution in [0.2, 0.25) is 0 Å². The van der Waals surface area contributed by atoms with Crippen molar-refractivity contribution in [2.24, 2.45) is 0 Å². The third-order valence-corrected chi connectivity index (χ3v) is 6.05. The van der Waals surface area contributed by atoms with E-state index in [-0.39, 0.29) is 35.6 Å². The third kappa shape index (κ3) is 2.31. The van der Waals surface area contributed by atoms with Crippen LogP contribution in [-0.2, 0) is 19.4 Å². The highest BCUT2D eigenvalue weighted by Crippen LogP contribution is 2.56. The number of aryl methyl sites for hydroxylation is 1. The molecule has 28 heavy (non-hydrogen) atoms. The number of hydrogen-bond acceptors (Lipinski definition) is 7.